The predicted molar refractivity (Wildman–Crippen MR) is 46.0 cm³/mol. The third kappa shape index (κ3) is 1.50. The molecule has 2 atom stereocenters. The van der Waals surface area contributed by atoms with E-state index in [1.54, 1.807) is 0 Å². The van der Waals surface area contributed by atoms with Crippen LogP contribution >= 0.6 is 11.5 Å². The minimum Gasteiger partial charge on any atom is -0.386 e. The van der Waals surface area contributed by atoms with Gasteiger partial charge in [-0.1, -0.05) is 0 Å². The Hall–Kier alpha value is -0.450. The van der Waals surface area contributed by atoms with Crippen molar-refractivity contribution < 1.29 is 9.84 Å². The van der Waals surface area contributed by atoms with Gasteiger partial charge in [0.25, 0.3) is 0 Å². The van der Waals surface area contributed by atoms with E-state index in [2.05, 4.69) is 4.37 Å². The Balaban J connectivity index is 2.04. The molecular weight excluding hydrogens is 174 g/mol. The topological polar surface area (TPSA) is 42.4 Å². The van der Waals surface area contributed by atoms with Gasteiger partial charge in [-0.25, -0.2) is 0 Å². The van der Waals surface area contributed by atoms with E-state index in [9.17, 15) is 5.11 Å². The van der Waals surface area contributed by atoms with Gasteiger partial charge >= 0.3 is 0 Å². The fraction of sp³-hybridized carbons (Fsp3) is 0.625. The Morgan fingerprint density at radius 1 is 1.75 bits per heavy atom. The van der Waals surface area contributed by atoms with Crippen molar-refractivity contribution in [1.82, 2.24) is 4.37 Å². The molecule has 66 valence electrons. The lowest BCUT2D eigenvalue weighted by atomic mass is 9.99. The van der Waals surface area contributed by atoms with Gasteiger partial charge < -0.3 is 9.84 Å². The zero-order chi connectivity index (χ0) is 8.39. The largest absolute Gasteiger partial charge is 0.386 e. The molecule has 2 heterocycles. The van der Waals surface area contributed by atoms with E-state index in [4.69, 9.17) is 4.74 Å². The summed E-state index contributed by atoms with van der Waals surface area (Å²) in [4.78, 5) is 0. The molecule has 1 N–H and O–H groups in total. The van der Waals surface area contributed by atoms with Gasteiger partial charge in [0.1, 0.15) is 6.10 Å². The summed E-state index contributed by atoms with van der Waals surface area (Å²) in [5.74, 6) is 0.243. The molecule has 0 aliphatic carbocycles. The van der Waals surface area contributed by atoms with Crippen LogP contribution in [0.15, 0.2) is 11.4 Å². The smallest absolute Gasteiger partial charge is 0.102 e. The summed E-state index contributed by atoms with van der Waals surface area (Å²) >= 11 is 1.38. The summed E-state index contributed by atoms with van der Waals surface area (Å²) in [6, 6.07) is 1.87. The molecule has 2 unspecified atom stereocenters. The van der Waals surface area contributed by atoms with Crippen LogP contribution in [0, 0.1) is 5.92 Å². The van der Waals surface area contributed by atoms with E-state index in [1.165, 1.54) is 11.5 Å². The minimum atomic E-state index is -0.432. The average molecular weight is 185 g/mol. The molecule has 3 nitrogen and oxygen atoms in total. The second-order valence-electron chi connectivity index (χ2n) is 2.99. The zero-order valence-electron chi connectivity index (χ0n) is 6.64. The van der Waals surface area contributed by atoms with Gasteiger partial charge in [0.2, 0.25) is 0 Å². The van der Waals surface area contributed by atoms with Crippen molar-refractivity contribution in [1.29, 1.82) is 0 Å². The Kier molecular flexibility index (Phi) is 2.39. The molecule has 12 heavy (non-hydrogen) atoms. The monoisotopic (exact) mass is 185 g/mol. The lowest BCUT2D eigenvalue weighted by Gasteiger charge is -2.13. The van der Waals surface area contributed by atoms with Crippen LogP contribution in [0.25, 0.3) is 0 Å². The second-order valence-corrected chi connectivity index (χ2v) is 3.66. The first-order valence-electron chi connectivity index (χ1n) is 4.04. The summed E-state index contributed by atoms with van der Waals surface area (Å²) in [7, 11) is 0. The highest BCUT2D eigenvalue weighted by molar-refractivity contribution is 7.03. The molecule has 1 aromatic rings. The second kappa shape index (κ2) is 3.51. The first kappa shape index (κ1) is 8.16. The number of aromatic nitrogens is 1. The third-order valence-corrected chi connectivity index (χ3v) is 2.75. The van der Waals surface area contributed by atoms with E-state index in [1.807, 2.05) is 11.4 Å². The van der Waals surface area contributed by atoms with E-state index >= 15 is 0 Å². The predicted octanol–water partition coefficient (Wildman–Crippen LogP) is 1.21. The van der Waals surface area contributed by atoms with Crippen molar-refractivity contribution in [3.05, 3.63) is 17.1 Å². The molecule has 0 spiro atoms. The molecule has 0 aromatic carbocycles. The summed E-state index contributed by atoms with van der Waals surface area (Å²) < 4.78 is 9.29. The fourth-order valence-electron chi connectivity index (χ4n) is 1.42. The van der Waals surface area contributed by atoms with Gasteiger partial charge in [-0.15, -0.1) is 0 Å². The summed E-state index contributed by atoms with van der Waals surface area (Å²) in [5.41, 5.74) is 0.788. The average Bonchev–Trinajstić information content (AvgIpc) is 2.77. The molecule has 2 rings (SSSR count). The number of aliphatic hydroxyl groups is 1. The van der Waals surface area contributed by atoms with Crippen LogP contribution in [-0.2, 0) is 4.74 Å². The zero-order valence-corrected chi connectivity index (χ0v) is 7.46. The first-order chi connectivity index (χ1) is 5.88. The number of aliphatic hydroxyl groups excluding tert-OH is 1. The number of nitrogens with zero attached hydrogens (tertiary/aromatic N) is 1. The molecule has 4 heteroatoms. The van der Waals surface area contributed by atoms with Crippen LogP contribution in [0.1, 0.15) is 18.2 Å². The maximum Gasteiger partial charge on any atom is 0.102 e. The SMILES string of the molecule is OC(c1ccsn1)C1CCOC1. The molecule has 0 amide bonds. The number of hydrogen-bond donors (Lipinski definition) is 1. The van der Waals surface area contributed by atoms with Crippen LogP contribution in [0.4, 0.5) is 0 Å². The number of hydrogen-bond acceptors (Lipinski definition) is 4. The molecular formula is C8H11NO2S. The highest BCUT2D eigenvalue weighted by Gasteiger charge is 2.26. The minimum absolute atomic E-state index is 0.243. The van der Waals surface area contributed by atoms with E-state index in [-0.39, 0.29) is 5.92 Å². The maximum atomic E-state index is 9.77. The van der Waals surface area contributed by atoms with Gasteiger partial charge in [-0.2, -0.15) is 4.37 Å². The molecule has 1 aliphatic rings. The molecule has 1 saturated heterocycles. The molecule has 1 fully saturated rings. The van der Waals surface area contributed by atoms with Crippen LogP contribution in [0.3, 0.4) is 0 Å². The Labute approximate surface area is 75.2 Å². The highest BCUT2D eigenvalue weighted by atomic mass is 32.1. The van der Waals surface area contributed by atoms with Crippen molar-refractivity contribution in [2.45, 2.75) is 12.5 Å². The highest BCUT2D eigenvalue weighted by Crippen LogP contribution is 2.27. The fourth-order valence-corrected chi connectivity index (χ4v) is 1.97. The maximum absolute atomic E-state index is 9.77. The lowest BCUT2D eigenvalue weighted by Crippen LogP contribution is -2.12. The molecule has 1 aliphatic heterocycles. The van der Waals surface area contributed by atoms with Gasteiger partial charge in [0.15, 0.2) is 0 Å². The van der Waals surface area contributed by atoms with Crippen molar-refractivity contribution in [3.8, 4) is 0 Å². The van der Waals surface area contributed by atoms with E-state index < -0.39 is 6.10 Å². The Morgan fingerprint density at radius 2 is 2.67 bits per heavy atom. The van der Waals surface area contributed by atoms with Crippen LogP contribution in [0.5, 0.6) is 0 Å². The summed E-state index contributed by atoms with van der Waals surface area (Å²) in [5, 5.41) is 11.7. The lowest BCUT2D eigenvalue weighted by molar-refractivity contribution is 0.0893. The number of ether oxygens (including phenoxy) is 1. The van der Waals surface area contributed by atoms with Crippen LogP contribution in [-0.4, -0.2) is 22.7 Å². The standard InChI is InChI=1S/C8H11NO2S/c10-8(6-1-3-11-5-6)7-2-4-12-9-7/h2,4,6,8,10H,1,3,5H2. The van der Waals surface area contributed by atoms with Crippen molar-refractivity contribution in [3.63, 3.8) is 0 Å². The van der Waals surface area contributed by atoms with Crippen molar-refractivity contribution in [2.75, 3.05) is 13.2 Å². The summed E-state index contributed by atoms with van der Waals surface area (Å²) in [6.07, 6.45) is 0.511. The molecule has 0 bridgehead atoms. The van der Waals surface area contributed by atoms with Gasteiger partial charge in [0, 0.05) is 17.9 Å². The molecule has 0 radical (unpaired) electrons. The van der Waals surface area contributed by atoms with Gasteiger partial charge in [0.05, 0.1) is 12.3 Å². The Bertz CT molecular complexity index is 231. The van der Waals surface area contributed by atoms with Gasteiger partial charge in [-0.05, 0) is 24.0 Å². The van der Waals surface area contributed by atoms with E-state index in [0.717, 1.165) is 18.7 Å². The normalized spacial score (nSPS) is 25.9. The van der Waals surface area contributed by atoms with Crippen LogP contribution < -0.4 is 0 Å². The summed E-state index contributed by atoms with van der Waals surface area (Å²) in [6.45, 7) is 1.44. The quantitative estimate of drug-likeness (QED) is 0.753. The van der Waals surface area contributed by atoms with Crippen molar-refractivity contribution >= 4 is 11.5 Å². The Morgan fingerprint density at radius 3 is 3.25 bits per heavy atom. The third-order valence-electron chi connectivity index (χ3n) is 2.17. The first-order valence-corrected chi connectivity index (χ1v) is 4.87. The van der Waals surface area contributed by atoms with Crippen molar-refractivity contribution in [2.24, 2.45) is 5.92 Å². The van der Waals surface area contributed by atoms with Gasteiger partial charge in [-0.3, -0.25) is 0 Å². The van der Waals surface area contributed by atoms with E-state index in [0.29, 0.717) is 6.61 Å². The van der Waals surface area contributed by atoms with Crippen LogP contribution in [0.2, 0.25) is 0 Å². The molecule has 0 saturated carbocycles. The number of rotatable bonds is 2. The molecule has 1 aromatic heterocycles.